The number of hydrogen-bond donors (Lipinski definition) is 2. The first kappa shape index (κ1) is 17.6. The number of quaternary nitrogens is 2. The summed E-state index contributed by atoms with van der Waals surface area (Å²) in [6.07, 6.45) is 2.65. The van der Waals surface area contributed by atoms with Crippen LogP contribution in [-0.2, 0) is 0 Å². The largest absolute Gasteiger partial charge is 0.383 e. The number of piperazine rings is 1. The fourth-order valence-electron chi connectivity index (χ4n) is 2.93. The predicted octanol–water partition coefficient (Wildman–Crippen LogP) is -0.743. The van der Waals surface area contributed by atoms with Crippen LogP contribution in [0.2, 0.25) is 0 Å². The van der Waals surface area contributed by atoms with Gasteiger partial charge in [-0.2, -0.15) is 0 Å². The molecule has 2 rings (SSSR count). The van der Waals surface area contributed by atoms with Gasteiger partial charge in [-0.15, -0.1) is 0 Å². The Labute approximate surface area is 138 Å². The number of nitrogens with zero attached hydrogens (tertiary/aromatic N) is 1. The predicted molar refractivity (Wildman–Crippen MR) is 89.3 cm³/mol. The normalized spacial score (nSPS) is 22.0. The molecule has 0 aromatic heterocycles. The molecule has 126 valence electrons. The van der Waals surface area contributed by atoms with Crippen molar-refractivity contribution < 1.29 is 19.0 Å². The number of likely N-dealkylation sites (N-methyl/N-ethyl adjacent to an activating group) is 1. The zero-order valence-electron chi connectivity index (χ0n) is 14.4. The van der Waals surface area contributed by atoms with Crippen molar-refractivity contribution in [3.8, 4) is 0 Å². The fourth-order valence-corrected chi connectivity index (χ4v) is 2.93. The average Bonchev–Trinajstić information content (AvgIpc) is 2.52. The van der Waals surface area contributed by atoms with E-state index in [4.69, 9.17) is 0 Å². The molecule has 0 radical (unpaired) electrons. The van der Waals surface area contributed by atoms with Gasteiger partial charge in [0.15, 0.2) is 5.78 Å². The maximum absolute atomic E-state index is 13.0. The molecule has 1 aromatic carbocycles. The van der Waals surface area contributed by atoms with Gasteiger partial charge in [0.2, 0.25) is 0 Å². The van der Waals surface area contributed by atoms with Gasteiger partial charge in [0, 0.05) is 37.9 Å². The summed E-state index contributed by atoms with van der Waals surface area (Å²) in [5, 5.41) is 0. The molecule has 5 heteroatoms. The number of Topliss-reactive ketones (excluding diaryl/α,β-unsaturated/α-hetero) is 1. The summed E-state index contributed by atoms with van der Waals surface area (Å²) in [5.41, 5.74) is 1.35. The second-order valence-electron chi connectivity index (χ2n) is 6.66. The molecule has 2 N–H and O–H groups in total. The molecule has 1 aromatic rings. The van der Waals surface area contributed by atoms with Gasteiger partial charge < -0.3 is 14.7 Å². The lowest BCUT2D eigenvalue weighted by Crippen LogP contribution is -3.27. The Morgan fingerprint density at radius 3 is 2.35 bits per heavy atom. The Hall–Kier alpha value is -1.72. The highest BCUT2D eigenvalue weighted by Crippen LogP contribution is 2.12. The van der Waals surface area contributed by atoms with Crippen LogP contribution in [0.5, 0.6) is 0 Å². The number of benzene rings is 1. The van der Waals surface area contributed by atoms with E-state index in [0.717, 1.165) is 31.6 Å². The van der Waals surface area contributed by atoms with Gasteiger partial charge in [-0.05, 0) is 24.3 Å². The third kappa shape index (κ3) is 5.44. The van der Waals surface area contributed by atoms with Gasteiger partial charge in [-0.1, -0.05) is 0 Å². The first-order valence-electron chi connectivity index (χ1n) is 8.28. The Morgan fingerprint density at radius 1 is 1.17 bits per heavy atom. The van der Waals surface area contributed by atoms with E-state index in [0.29, 0.717) is 5.56 Å². The standard InChI is InChI=1S/C18H26FN3O/c1-20(2)14-16(8-9-22-12-10-21(3)11-13-22)18(23)15-4-6-17(19)7-5-15/h4-7,14H,8-13H2,1-3H3/p+2. The number of halogens is 1. The molecule has 0 unspecified atom stereocenters. The van der Waals surface area contributed by atoms with Crippen LogP contribution < -0.4 is 9.80 Å². The first-order valence-corrected chi connectivity index (χ1v) is 8.28. The quantitative estimate of drug-likeness (QED) is 0.534. The molecule has 1 fully saturated rings. The number of hydrogen-bond acceptors (Lipinski definition) is 2. The monoisotopic (exact) mass is 321 g/mol. The Balaban J connectivity index is 2.02. The van der Waals surface area contributed by atoms with E-state index in [-0.39, 0.29) is 11.6 Å². The van der Waals surface area contributed by atoms with E-state index in [2.05, 4.69) is 7.05 Å². The third-order valence-corrected chi connectivity index (χ3v) is 4.37. The van der Waals surface area contributed by atoms with Gasteiger partial charge >= 0.3 is 0 Å². The second kappa shape index (κ2) is 8.22. The fraction of sp³-hybridized carbons (Fsp3) is 0.500. The van der Waals surface area contributed by atoms with E-state index in [1.165, 1.54) is 25.2 Å². The zero-order chi connectivity index (χ0) is 16.8. The van der Waals surface area contributed by atoms with Crippen molar-refractivity contribution in [2.24, 2.45) is 0 Å². The maximum Gasteiger partial charge on any atom is 0.190 e. The molecular weight excluding hydrogens is 293 g/mol. The molecule has 1 heterocycles. The molecule has 1 saturated heterocycles. The van der Waals surface area contributed by atoms with E-state index in [1.54, 1.807) is 21.9 Å². The van der Waals surface area contributed by atoms with Crippen molar-refractivity contribution in [2.75, 3.05) is 53.9 Å². The smallest absolute Gasteiger partial charge is 0.190 e. The summed E-state index contributed by atoms with van der Waals surface area (Å²) in [6.45, 7) is 5.67. The lowest BCUT2D eigenvalue weighted by Gasteiger charge is -2.27. The molecular formula is C18H28FN3O+2. The number of carbonyl (C=O) groups is 1. The highest BCUT2D eigenvalue weighted by atomic mass is 19.1. The van der Waals surface area contributed by atoms with Crippen LogP contribution in [-0.4, -0.2) is 64.5 Å². The van der Waals surface area contributed by atoms with Gasteiger partial charge in [-0.3, -0.25) is 4.79 Å². The average molecular weight is 321 g/mol. The maximum atomic E-state index is 13.0. The molecule has 1 aliphatic rings. The molecule has 0 amide bonds. The molecule has 0 spiro atoms. The van der Waals surface area contributed by atoms with Crippen LogP contribution in [0.15, 0.2) is 36.0 Å². The van der Waals surface area contributed by atoms with Crippen LogP contribution in [0.3, 0.4) is 0 Å². The van der Waals surface area contributed by atoms with Gasteiger partial charge in [0.25, 0.3) is 0 Å². The first-order chi connectivity index (χ1) is 11.0. The van der Waals surface area contributed by atoms with Gasteiger partial charge in [0.1, 0.15) is 32.0 Å². The van der Waals surface area contributed by atoms with Crippen molar-refractivity contribution in [3.63, 3.8) is 0 Å². The van der Waals surface area contributed by atoms with E-state index in [9.17, 15) is 9.18 Å². The SMILES string of the molecule is CN(C)C=C(CC[NH+]1CC[NH+](C)CC1)C(=O)c1ccc(F)cc1. The van der Waals surface area contributed by atoms with Crippen LogP contribution >= 0.6 is 0 Å². The zero-order valence-corrected chi connectivity index (χ0v) is 14.4. The van der Waals surface area contributed by atoms with E-state index < -0.39 is 0 Å². The summed E-state index contributed by atoms with van der Waals surface area (Å²) < 4.78 is 13.0. The van der Waals surface area contributed by atoms with Crippen LogP contribution in [0, 0.1) is 5.82 Å². The third-order valence-electron chi connectivity index (χ3n) is 4.37. The summed E-state index contributed by atoms with van der Waals surface area (Å²) in [4.78, 5) is 17.7. The summed E-state index contributed by atoms with van der Waals surface area (Å²) >= 11 is 0. The van der Waals surface area contributed by atoms with Crippen molar-refractivity contribution in [1.29, 1.82) is 0 Å². The number of carbonyl (C=O) groups excluding carboxylic acids is 1. The lowest BCUT2D eigenvalue weighted by molar-refractivity contribution is -1.00. The van der Waals surface area contributed by atoms with Crippen LogP contribution in [0.4, 0.5) is 4.39 Å². The molecule has 0 saturated carbocycles. The molecule has 4 nitrogen and oxygen atoms in total. The number of rotatable bonds is 6. The molecule has 0 bridgehead atoms. The van der Waals surface area contributed by atoms with Crippen LogP contribution in [0.1, 0.15) is 16.8 Å². The summed E-state index contributed by atoms with van der Waals surface area (Å²) in [5.74, 6) is -0.318. The highest BCUT2D eigenvalue weighted by Gasteiger charge is 2.21. The summed E-state index contributed by atoms with van der Waals surface area (Å²) in [7, 11) is 6.07. The van der Waals surface area contributed by atoms with Gasteiger partial charge in [0.05, 0.1) is 13.6 Å². The van der Waals surface area contributed by atoms with Crippen molar-refractivity contribution in [3.05, 3.63) is 47.4 Å². The molecule has 0 atom stereocenters. The van der Waals surface area contributed by atoms with Crippen molar-refractivity contribution >= 4 is 5.78 Å². The molecule has 0 aliphatic carbocycles. The number of nitrogens with one attached hydrogen (secondary N) is 2. The Kier molecular flexibility index (Phi) is 6.30. The second-order valence-corrected chi connectivity index (χ2v) is 6.66. The van der Waals surface area contributed by atoms with E-state index >= 15 is 0 Å². The van der Waals surface area contributed by atoms with Crippen molar-refractivity contribution in [1.82, 2.24) is 4.90 Å². The summed E-state index contributed by atoms with van der Waals surface area (Å²) in [6, 6.07) is 5.81. The number of ketones is 1. The minimum atomic E-state index is -0.316. The van der Waals surface area contributed by atoms with Crippen LogP contribution in [0.25, 0.3) is 0 Å². The molecule has 1 aliphatic heterocycles. The van der Waals surface area contributed by atoms with Gasteiger partial charge in [-0.25, -0.2) is 4.39 Å². The lowest BCUT2D eigenvalue weighted by atomic mass is 10.0. The van der Waals surface area contributed by atoms with E-state index in [1.807, 2.05) is 25.2 Å². The molecule has 23 heavy (non-hydrogen) atoms. The Bertz CT molecular complexity index is 546. The van der Waals surface area contributed by atoms with Crippen molar-refractivity contribution in [2.45, 2.75) is 6.42 Å². The topological polar surface area (TPSA) is 29.2 Å². The Morgan fingerprint density at radius 2 is 1.78 bits per heavy atom. The minimum Gasteiger partial charge on any atom is -0.383 e. The minimum absolute atomic E-state index is 0.00199. The highest BCUT2D eigenvalue weighted by molar-refractivity contribution is 6.08.